The van der Waals surface area contributed by atoms with Crippen LogP contribution in [-0.2, 0) is 0 Å². The summed E-state index contributed by atoms with van der Waals surface area (Å²) in [5.74, 6) is 0.354. The molecule has 0 aliphatic carbocycles. The molecule has 0 radical (unpaired) electrons. The van der Waals surface area contributed by atoms with Crippen LogP contribution < -0.4 is 20.3 Å². The number of hydrogen-bond acceptors (Lipinski definition) is 4. The lowest BCUT2D eigenvalue weighted by molar-refractivity contribution is 0.0977. The number of hydrogen-bond donors (Lipinski definition) is 2. The number of nitrogens with zero attached hydrogens (tertiary/aromatic N) is 1. The van der Waals surface area contributed by atoms with Crippen LogP contribution in [0.2, 0.25) is 5.02 Å². The van der Waals surface area contributed by atoms with Crippen LogP contribution in [0, 0.1) is 0 Å². The molecule has 2 N–H and O–H groups in total. The molecule has 3 rings (SSSR count). The molecule has 29 heavy (non-hydrogen) atoms. The molecule has 1 aliphatic heterocycles. The molecule has 1 fully saturated rings. The number of nitrogens with one attached hydrogen (secondary N) is 2. The minimum absolute atomic E-state index is 0.0343. The summed E-state index contributed by atoms with van der Waals surface area (Å²) in [5, 5.41) is 6.78. The predicted molar refractivity (Wildman–Crippen MR) is 123 cm³/mol. The summed E-state index contributed by atoms with van der Waals surface area (Å²) >= 11 is 11.9. The Morgan fingerprint density at radius 3 is 2.59 bits per heavy atom. The minimum atomic E-state index is -0.293. The molecule has 0 unspecified atom stereocenters. The summed E-state index contributed by atoms with van der Waals surface area (Å²) in [7, 11) is 0. The summed E-state index contributed by atoms with van der Waals surface area (Å²) in [4.78, 5) is 14.9. The first kappa shape index (κ1) is 21.4. The van der Waals surface area contributed by atoms with Crippen LogP contribution in [0.4, 0.5) is 11.4 Å². The zero-order valence-corrected chi connectivity index (χ0v) is 18.3. The number of ether oxygens (including phenoxy) is 1. The highest BCUT2D eigenvalue weighted by molar-refractivity contribution is 7.80. The maximum Gasteiger partial charge on any atom is 0.257 e. The second-order valence-corrected chi connectivity index (χ2v) is 8.10. The molecular formula is C22H26ClN3O2S. The van der Waals surface area contributed by atoms with E-state index in [9.17, 15) is 4.79 Å². The first-order valence-electron chi connectivity index (χ1n) is 9.86. The molecule has 1 amide bonds. The molecule has 7 heteroatoms. The normalized spacial score (nSPS) is 13.9. The van der Waals surface area contributed by atoms with Crippen LogP contribution in [0.15, 0.2) is 42.5 Å². The number of benzene rings is 2. The van der Waals surface area contributed by atoms with E-state index < -0.39 is 0 Å². The second-order valence-electron chi connectivity index (χ2n) is 7.29. The highest BCUT2D eigenvalue weighted by atomic mass is 35.5. The fourth-order valence-electron chi connectivity index (χ4n) is 3.37. The van der Waals surface area contributed by atoms with Crippen LogP contribution in [0.5, 0.6) is 5.75 Å². The third-order valence-electron chi connectivity index (χ3n) is 4.60. The molecule has 154 valence electrons. The third-order valence-corrected chi connectivity index (χ3v) is 5.11. The van der Waals surface area contributed by atoms with E-state index in [4.69, 9.17) is 28.6 Å². The van der Waals surface area contributed by atoms with Crippen molar-refractivity contribution < 1.29 is 9.53 Å². The van der Waals surface area contributed by atoms with Crippen molar-refractivity contribution in [2.24, 2.45) is 0 Å². The Kier molecular flexibility index (Phi) is 7.34. The van der Waals surface area contributed by atoms with Gasteiger partial charge in [-0.2, -0.15) is 0 Å². The van der Waals surface area contributed by atoms with Crippen molar-refractivity contribution in [3.63, 3.8) is 0 Å². The predicted octanol–water partition coefficient (Wildman–Crippen LogP) is 5.24. The van der Waals surface area contributed by atoms with Gasteiger partial charge in [-0.15, -0.1) is 0 Å². The Hall–Kier alpha value is -2.31. The summed E-state index contributed by atoms with van der Waals surface area (Å²) in [5.41, 5.74) is 2.20. The largest absolute Gasteiger partial charge is 0.491 e. The fraction of sp³-hybridized carbons (Fsp3) is 0.364. The van der Waals surface area contributed by atoms with Crippen molar-refractivity contribution in [1.82, 2.24) is 5.32 Å². The smallest absolute Gasteiger partial charge is 0.257 e. The Balaban J connectivity index is 1.70. The Morgan fingerprint density at radius 2 is 1.86 bits per heavy atom. The molecule has 0 atom stereocenters. The number of rotatable bonds is 5. The van der Waals surface area contributed by atoms with Crippen molar-refractivity contribution in [3.05, 3.63) is 53.1 Å². The molecule has 2 aromatic rings. The van der Waals surface area contributed by atoms with Gasteiger partial charge in [0.25, 0.3) is 5.91 Å². The molecule has 0 spiro atoms. The average molecular weight is 432 g/mol. The number of anilines is 2. The van der Waals surface area contributed by atoms with Gasteiger partial charge in [0.1, 0.15) is 5.75 Å². The van der Waals surface area contributed by atoms with E-state index in [-0.39, 0.29) is 17.1 Å². The van der Waals surface area contributed by atoms with Crippen molar-refractivity contribution in [3.8, 4) is 5.75 Å². The zero-order chi connectivity index (χ0) is 20.8. The topological polar surface area (TPSA) is 53.6 Å². The van der Waals surface area contributed by atoms with Crippen molar-refractivity contribution >= 4 is 46.2 Å². The van der Waals surface area contributed by atoms with E-state index in [0.29, 0.717) is 16.3 Å². The van der Waals surface area contributed by atoms with Gasteiger partial charge in [-0.1, -0.05) is 23.7 Å². The van der Waals surface area contributed by atoms with Gasteiger partial charge in [0.05, 0.1) is 22.5 Å². The monoisotopic (exact) mass is 431 g/mol. The van der Waals surface area contributed by atoms with Gasteiger partial charge in [-0.05, 0) is 75.7 Å². The molecule has 1 heterocycles. The molecule has 0 bridgehead atoms. The number of carbonyl (C=O) groups is 1. The number of piperidine rings is 1. The molecule has 2 aromatic carbocycles. The molecule has 0 saturated carbocycles. The Morgan fingerprint density at radius 1 is 1.14 bits per heavy atom. The van der Waals surface area contributed by atoms with Crippen LogP contribution in [0.3, 0.4) is 0 Å². The Labute approximate surface area is 182 Å². The molecular weight excluding hydrogens is 406 g/mol. The van der Waals surface area contributed by atoms with Gasteiger partial charge in [-0.3, -0.25) is 10.1 Å². The summed E-state index contributed by atoms with van der Waals surface area (Å²) in [6.07, 6.45) is 3.55. The summed E-state index contributed by atoms with van der Waals surface area (Å²) in [6.45, 7) is 5.80. The molecule has 1 aliphatic rings. The van der Waals surface area contributed by atoms with Gasteiger partial charge < -0.3 is 15.0 Å². The highest BCUT2D eigenvalue weighted by Crippen LogP contribution is 2.35. The lowest BCUT2D eigenvalue weighted by Gasteiger charge is -2.31. The zero-order valence-electron chi connectivity index (χ0n) is 16.7. The number of carbonyl (C=O) groups excluding carboxylic acids is 1. The lowest BCUT2D eigenvalue weighted by atomic mass is 10.1. The van der Waals surface area contributed by atoms with Crippen LogP contribution in [0.1, 0.15) is 43.5 Å². The third kappa shape index (κ3) is 5.84. The first-order valence-corrected chi connectivity index (χ1v) is 10.6. The van der Waals surface area contributed by atoms with Gasteiger partial charge in [0.2, 0.25) is 0 Å². The van der Waals surface area contributed by atoms with Gasteiger partial charge in [0, 0.05) is 18.7 Å². The highest BCUT2D eigenvalue weighted by Gasteiger charge is 2.18. The van der Waals surface area contributed by atoms with Crippen LogP contribution in [-0.4, -0.2) is 30.2 Å². The van der Waals surface area contributed by atoms with Crippen LogP contribution in [0.25, 0.3) is 0 Å². The van der Waals surface area contributed by atoms with E-state index in [1.54, 1.807) is 18.2 Å². The van der Waals surface area contributed by atoms with Crippen molar-refractivity contribution in [2.75, 3.05) is 23.3 Å². The summed E-state index contributed by atoms with van der Waals surface area (Å²) < 4.78 is 5.65. The van der Waals surface area contributed by atoms with E-state index >= 15 is 0 Å². The second kappa shape index (κ2) is 9.94. The number of thiocarbonyl (C=S) groups is 1. The number of para-hydroxylation sites is 1. The lowest BCUT2D eigenvalue weighted by Crippen LogP contribution is -2.35. The van der Waals surface area contributed by atoms with E-state index in [1.807, 2.05) is 38.1 Å². The standard InChI is InChI=1S/C22H26ClN3O2S/c1-15(2)28-17-9-6-8-16(14-17)21(27)25-22(29)24-19-11-7-10-18(23)20(19)26-12-4-3-5-13-26/h6-11,14-15H,3-5,12-13H2,1-2H3,(H2,24,25,27,29). The van der Waals surface area contributed by atoms with E-state index in [0.717, 1.165) is 37.3 Å². The van der Waals surface area contributed by atoms with Gasteiger partial charge in [-0.25, -0.2) is 0 Å². The van der Waals surface area contributed by atoms with Gasteiger partial charge >= 0.3 is 0 Å². The van der Waals surface area contributed by atoms with Gasteiger partial charge in [0.15, 0.2) is 5.11 Å². The SMILES string of the molecule is CC(C)Oc1cccc(C(=O)NC(=S)Nc2cccc(Cl)c2N2CCCCC2)c1. The minimum Gasteiger partial charge on any atom is -0.491 e. The maximum atomic E-state index is 12.6. The van der Waals surface area contributed by atoms with E-state index in [1.165, 1.54) is 6.42 Å². The van der Waals surface area contributed by atoms with Crippen molar-refractivity contribution in [1.29, 1.82) is 0 Å². The Bertz CT molecular complexity index is 882. The maximum absolute atomic E-state index is 12.6. The van der Waals surface area contributed by atoms with Crippen LogP contribution >= 0.6 is 23.8 Å². The molecule has 1 saturated heterocycles. The first-order chi connectivity index (χ1) is 13.9. The fourth-order valence-corrected chi connectivity index (χ4v) is 3.86. The molecule has 0 aromatic heterocycles. The number of halogens is 1. The van der Waals surface area contributed by atoms with E-state index in [2.05, 4.69) is 15.5 Å². The summed E-state index contributed by atoms with van der Waals surface area (Å²) in [6, 6.07) is 12.7. The quantitative estimate of drug-likeness (QED) is 0.633. The number of amides is 1. The molecule has 5 nitrogen and oxygen atoms in total. The van der Waals surface area contributed by atoms with Crippen molar-refractivity contribution in [2.45, 2.75) is 39.2 Å². The average Bonchev–Trinajstić information content (AvgIpc) is 2.68.